The Hall–Kier alpha value is -0.940. The zero-order valence-electron chi connectivity index (χ0n) is 12.3. The van der Waals surface area contributed by atoms with E-state index in [1.54, 1.807) is 7.11 Å². The summed E-state index contributed by atoms with van der Waals surface area (Å²) >= 11 is 0. The Morgan fingerprint density at radius 1 is 1.25 bits per heavy atom. The fourth-order valence-corrected chi connectivity index (χ4v) is 3.92. The van der Waals surface area contributed by atoms with Crippen LogP contribution in [0.3, 0.4) is 0 Å². The molecule has 0 saturated heterocycles. The lowest BCUT2D eigenvalue weighted by Crippen LogP contribution is -2.27. The zero-order chi connectivity index (χ0) is 13.9. The van der Waals surface area contributed by atoms with Crippen LogP contribution in [-0.4, -0.2) is 23.9 Å². The lowest BCUT2D eigenvalue weighted by Gasteiger charge is -2.38. The van der Waals surface area contributed by atoms with Crippen LogP contribution in [0, 0.1) is 11.8 Å². The molecule has 4 atom stereocenters. The molecule has 0 aliphatic heterocycles. The molecule has 2 N–H and O–H groups in total. The normalized spacial score (nSPS) is 31.8. The van der Waals surface area contributed by atoms with Crippen LogP contribution in [0.5, 0.6) is 0 Å². The molecule has 2 saturated carbocycles. The molecule has 0 radical (unpaired) electrons. The van der Waals surface area contributed by atoms with Gasteiger partial charge in [-0.05, 0) is 31.1 Å². The number of methoxy groups -OCH3 is 1. The quantitative estimate of drug-likeness (QED) is 0.917. The molecule has 5 nitrogen and oxygen atoms in total. The molecular weight excluding hydrogens is 254 g/mol. The predicted molar refractivity (Wildman–Crippen MR) is 75.1 cm³/mol. The van der Waals surface area contributed by atoms with Gasteiger partial charge < -0.3 is 15.0 Å². The number of hydrogen-bond acceptors (Lipinski definition) is 5. The first-order valence-electron chi connectivity index (χ1n) is 7.86. The third-order valence-corrected chi connectivity index (χ3v) is 5.02. The Morgan fingerprint density at radius 3 is 2.85 bits per heavy atom. The second-order valence-corrected chi connectivity index (χ2v) is 6.37. The number of nitrogens with zero attached hydrogens (tertiary/aromatic N) is 2. The van der Waals surface area contributed by atoms with Gasteiger partial charge in [-0.15, -0.1) is 0 Å². The maximum atomic E-state index is 5.94. The summed E-state index contributed by atoms with van der Waals surface area (Å²) in [7, 11) is 1.63. The van der Waals surface area contributed by atoms with Crippen LogP contribution >= 0.6 is 0 Å². The van der Waals surface area contributed by atoms with Crippen molar-refractivity contribution in [2.75, 3.05) is 13.7 Å². The molecule has 0 bridgehead atoms. The van der Waals surface area contributed by atoms with Gasteiger partial charge in [-0.1, -0.05) is 30.8 Å². The summed E-state index contributed by atoms with van der Waals surface area (Å²) in [6, 6.07) is -0.288. The highest BCUT2D eigenvalue weighted by molar-refractivity contribution is 5.01. The van der Waals surface area contributed by atoms with Crippen molar-refractivity contribution in [1.29, 1.82) is 0 Å². The number of ether oxygens (including phenoxy) is 1. The predicted octanol–water partition coefficient (Wildman–Crippen LogP) is 2.79. The molecule has 1 aromatic rings. The number of nitrogens with two attached hydrogens (primary N) is 1. The Kier molecular flexibility index (Phi) is 4.36. The third-order valence-electron chi connectivity index (χ3n) is 5.02. The van der Waals surface area contributed by atoms with Crippen LogP contribution in [0.1, 0.15) is 68.6 Å². The molecule has 20 heavy (non-hydrogen) atoms. The number of fused-ring (bicyclic) bond motifs is 1. The van der Waals surface area contributed by atoms with Gasteiger partial charge in [0.1, 0.15) is 0 Å². The van der Waals surface area contributed by atoms with Gasteiger partial charge in [-0.2, -0.15) is 4.98 Å². The molecule has 112 valence electrons. The van der Waals surface area contributed by atoms with Crippen LogP contribution in [0.15, 0.2) is 4.52 Å². The lowest BCUT2D eigenvalue weighted by atomic mass is 9.67. The van der Waals surface area contributed by atoms with Crippen LogP contribution in [0.4, 0.5) is 0 Å². The summed E-state index contributed by atoms with van der Waals surface area (Å²) in [4.78, 5) is 4.51. The average Bonchev–Trinajstić information content (AvgIpc) is 2.97. The Morgan fingerprint density at radius 2 is 2.05 bits per heavy atom. The van der Waals surface area contributed by atoms with E-state index < -0.39 is 0 Å². The van der Waals surface area contributed by atoms with Crippen molar-refractivity contribution in [1.82, 2.24) is 10.1 Å². The van der Waals surface area contributed by atoms with Crippen molar-refractivity contribution in [3.05, 3.63) is 11.7 Å². The summed E-state index contributed by atoms with van der Waals surface area (Å²) in [5, 5.41) is 4.02. The van der Waals surface area contributed by atoms with Crippen molar-refractivity contribution in [2.24, 2.45) is 17.6 Å². The third kappa shape index (κ3) is 2.88. The molecule has 0 aromatic carbocycles. The van der Waals surface area contributed by atoms with Gasteiger partial charge in [-0.25, -0.2) is 0 Å². The monoisotopic (exact) mass is 279 g/mol. The van der Waals surface area contributed by atoms with Gasteiger partial charge in [0.05, 0.1) is 12.6 Å². The molecule has 4 unspecified atom stereocenters. The summed E-state index contributed by atoms with van der Waals surface area (Å²) in [5.74, 6) is 3.61. The zero-order valence-corrected chi connectivity index (χ0v) is 12.3. The topological polar surface area (TPSA) is 74.2 Å². The van der Waals surface area contributed by atoms with Crippen LogP contribution in [0.25, 0.3) is 0 Å². The first kappa shape index (κ1) is 14.0. The highest BCUT2D eigenvalue weighted by atomic mass is 16.5. The molecule has 3 rings (SSSR count). The average molecular weight is 279 g/mol. The molecule has 1 aromatic heterocycles. The van der Waals surface area contributed by atoms with E-state index in [2.05, 4.69) is 10.1 Å². The minimum atomic E-state index is -0.288. The smallest absolute Gasteiger partial charge is 0.229 e. The minimum absolute atomic E-state index is 0.288. The van der Waals surface area contributed by atoms with Gasteiger partial charge in [-0.3, -0.25) is 0 Å². The standard InChI is InChI=1S/C15H25N3O2/c1-19-9-13(16)14-17-15(20-18-14)12-7-6-10-4-2-3-5-11(10)8-12/h10-13H,2-9,16H2,1H3. The number of aromatic nitrogens is 2. The summed E-state index contributed by atoms with van der Waals surface area (Å²) in [6.07, 6.45) is 9.33. The molecule has 1 heterocycles. The molecule has 2 fully saturated rings. The van der Waals surface area contributed by atoms with Crippen molar-refractivity contribution < 1.29 is 9.26 Å². The Labute approximate surface area is 120 Å². The van der Waals surface area contributed by atoms with Gasteiger partial charge in [0.25, 0.3) is 0 Å². The van der Waals surface area contributed by atoms with E-state index in [0.717, 1.165) is 17.7 Å². The molecule has 5 heteroatoms. The van der Waals surface area contributed by atoms with Crippen LogP contribution in [-0.2, 0) is 4.74 Å². The van der Waals surface area contributed by atoms with Gasteiger partial charge in [0, 0.05) is 13.0 Å². The second-order valence-electron chi connectivity index (χ2n) is 6.37. The SMILES string of the molecule is COCC(N)c1noc(C2CCC3CCCCC3C2)n1. The Bertz CT molecular complexity index is 435. The highest BCUT2D eigenvalue weighted by Gasteiger charge is 2.35. The number of rotatable bonds is 4. The molecular formula is C15H25N3O2. The van der Waals surface area contributed by atoms with E-state index in [0.29, 0.717) is 18.3 Å². The lowest BCUT2D eigenvalue weighted by molar-refractivity contribution is 0.142. The van der Waals surface area contributed by atoms with Crippen LogP contribution < -0.4 is 5.73 Å². The van der Waals surface area contributed by atoms with E-state index in [1.807, 2.05) is 0 Å². The van der Waals surface area contributed by atoms with E-state index >= 15 is 0 Å². The summed E-state index contributed by atoms with van der Waals surface area (Å²) in [5.41, 5.74) is 5.94. The van der Waals surface area contributed by atoms with Crippen LogP contribution in [0.2, 0.25) is 0 Å². The van der Waals surface area contributed by atoms with Gasteiger partial charge in [0.15, 0.2) is 5.82 Å². The second kappa shape index (κ2) is 6.22. The fourth-order valence-electron chi connectivity index (χ4n) is 3.92. The fraction of sp³-hybridized carbons (Fsp3) is 0.867. The highest BCUT2D eigenvalue weighted by Crippen LogP contribution is 2.45. The molecule has 2 aliphatic carbocycles. The maximum absolute atomic E-state index is 5.94. The van der Waals surface area contributed by atoms with E-state index in [-0.39, 0.29) is 6.04 Å². The van der Waals surface area contributed by atoms with Crippen molar-refractivity contribution in [2.45, 2.75) is 56.9 Å². The minimum Gasteiger partial charge on any atom is -0.383 e. The van der Waals surface area contributed by atoms with E-state index in [1.165, 1.54) is 44.9 Å². The van der Waals surface area contributed by atoms with Gasteiger partial charge in [0.2, 0.25) is 5.89 Å². The molecule has 0 amide bonds. The number of hydrogen-bond donors (Lipinski definition) is 1. The van der Waals surface area contributed by atoms with Crippen molar-refractivity contribution in [3.63, 3.8) is 0 Å². The van der Waals surface area contributed by atoms with Crippen molar-refractivity contribution in [3.8, 4) is 0 Å². The first-order valence-corrected chi connectivity index (χ1v) is 7.86. The maximum Gasteiger partial charge on any atom is 0.229 e. The van der Waals surface area contributed by atoms with E-state index in [9.17, 15) is 0 Å². The molecule has 0 spiro atoms. The van der Waals surface area contributed by atoms with Gasteiger partial charge >= 0.3 is 0 Å². The summed E-state index contributed by atoms with van der Waals surface area (Å²) < 4.78 is 10.5. The van der Waals surface area contributed by atoms with E-state index in [4.69, 9.17) is 15.0 Å². The molecule has 2 aliphatic rings. The Balaban J connectivity index is 1.64. The summed E-state index contributed by atoms with van der Waals surface area (Å²) in [6.45, 7) is 0.425. The first-order chi connectivity index (χ1) is 9.78. The largest absolute Gasteiger partial charge is 0.383 e. The van der Waals surface area contributed by atoms with Crippen molar-refractivity contribution >= 4 is 0 Å².